The van der Waals surface area contributed by atoms with Gasteiger partial charge in [0.1, 0.15) is 6.29 Å². The second-order valence-corrected chi connectivity index (χ2v) is 3.96. The number of nitro groups is 1. The Labute approximate surface area is 94.4 Å². The molecular weight excluding hydrogens is 206 g/mol. The summed E-state index contributed by atoms with van der Waals surface area (Å²) in [5.41, 5.74) is 0.839. The summed E-state index contributed by atoms with van der Waals surface area (Å²) < 4.78 is 0. The van der Waals surface area contributed by atoms with E-state index in [0.29, 0.717) is 0 Å². The topological polar surface area (TPSA) is 60.2 Å². The second-order valence-electron chi connectivity index (χ2n) is 3.96. The molecule has 0 bridgehead atoms. The van der Waals surface area contributed by atoms with E-state index < -0.39 is 6.04 Å². The fraction of sp³-hybridized carbons (Fsp3) is 0.417. The van der Waals surface area contributed by atoms with Gasteiger partial charge >= 0.3 is 0 Å². The Morgan fingerprint density at radius 3 is 2.25 bits per heavy atom. The summed E-state index contributed by atoms with van der Waals surface area (Å²) in [5, 5.41) is 10.8. The summed E-state index contributed by atoms with van der Waals surface area (Å²) in [5.74, 6) is -0.725. The van der Waals surface area contributed by atoms with Crippen LogP contribution in [-0.2, 0) is 4.79 Å². The number of hydrogen-bond donors (Lipinski definition) is 0. The molecule has 1 unspecified atom stereocenters. The Morgan fingerprint density at radius 2 is 1.81 bits per heavy atom. The highest BCUT2D eigenvalue weighted by Crippen LogP contribution is 2.28. The first-order chi connectivity index (χ1) is 7.57. The lowest BCUT2D eigenvalue weighted by molar-refractivity contribution is -0.523. The van der Waals surface area contributed by atoms with Crippen molar-refractivity contribution in [2.24, 2.45) is 5.92 Å². The van der Waals surface area contributed by atoms with Crippen LogP contribution >= 0.6 is 0 Å². The highest BCUT2D eigenvalue weighted by Gasteiger charge is 2.32. The molecule has 0 heterocycles. The second kappa shape index (κ2) is 5.39. The van der Waals surface area contributed by atoms with Crippen molar-refractivity contribution in [3.05, 3.63) is 46.0 Å². The van der Waals surface area contributed by atoms with Crippen molar-refractivity contribution in [2.75, 3.05) is 0 Å². The molecule has 0 aromatic heterocycles. The van der Waals surface area contributed by atoms with Crippen molar-refractivity contribution in [1.29, 1.82) is 0 Å². The molecule has 0 aliphatic carbocycles. The van der Waals surface area contributed by atoms with Crippen LogP contribution < -0.4 is 0 Å². The quantitative estimate of drug-likeness (QED) is 0.435. The molecule has 4 heteroatoms. The average molecular weight is 221 g/mol. The van der Waals surface area contributed by atoms with E-state index in [1.54, 1.807) is 6.92 Å². The normalized spacial score (nSPS) is 16.1. The van der Waals surface area contributed by atoms with Crippen LogP contribution in [0.4, 0.5) is 0 Å². The van der Waals surface area contributed by atoms with E-state index in [9.17, 15) is 14.9 Å². The first-order valence-electron chi connectivity index (χ1n) is 5.21. The molecule has 3 atom stereocenters. The SMILES string of the molecule is CC([C@H](c1ccccc1)[C@@H](C)C=O)[N+](=O)[O-]. The van der Waals surface area contributed by atoms with Crippen LogP contribution in [0.2, 0.25) is 0 Å². The molecule has 0 radical (unpaired) electrons. The number of nitrogens with zero attached hydrogens (tertiary/aromatic N) is 1. The van der Waals surface area contributed by atoms with Crippen LogP contribution in [0, 0.1) is 16.0 Å². The molecule has 0 N–H and O–H groups in total. The van der Waals surface area contributed by atoms with Gasteiger partial charge in [-0.25, -0.2) is 0 Å². The molecule has 1 aromatic rings. The number of benzene rings is 1. The van der Waals surface area contributed by atoms with Crippen LogP contribution in [0.25, 0.3) is 0 Å². The summed E-state index contributed by atoms with van der Waals surface area (Å²) in [4.78, 5) is 21.3. The summed E-state index contributed by atoms with van der Waals surface area (Å²) in [6, 6.07) is 8.39. The Kier molecular flexibility index (Phi) is 4.17. The van der Waals surface area contributed by atoms with Crippen molar-refractivity contribution < 1.29 is 9.72 Å². The molecule has 0 aliphatic rings. The van der Waals surface area contributed by atoms with E-state index in [1.165, 1.54) is 6.92 Å². The van der Waals surface area contributed by atoms with E-state index in [1.807, 2.05) is 30.3 Å². The van der Waals surface area contributed by atoms with Crippen LogP contribution in [-0.4, -0.2) is 17.3 Å². The minimum Gasteiger partial charge on any atom is -0.303 e. The maximum absolute atomic E-state index is 10.8. The Morgan fingerprint density at radius 1 is 1.25 bits per heavy atom. The third-order valence-corrected chi connectivity index (χ3v) is 2.82. The van der Waals surface area contributed by atoms with E-state index >= 15 is 0 Å². The smallest absolute Gasteiger partial charge is 0.217 e. The molecule has 4 nitrogen and oxygen atoms in total. The van der Waals surface area contributed by atoms with Crippen molar-refractivity contribution in [1.82, 2.24) is 0 Å². The van der Waals surface area contributed by atoms with Gasteiger partial charge in [-0.2, -0.15) is 0 Å². The Balaban J connectivity index is 3.06. The predicted octanol–water partition coefficient (Wildman–Crippen LogP) is 2.27. The van der Waals surface area contributed by atoms with Gasteiger partial charge in [-0.1, -0.05) is 37.3 Å². The van der Waals surface area contributed by atoms with Gasteiger partial charge < -0.3 is 4.79 Å². The Hall–Kier alpha value is -1.71. The first kappa shape index (κ1) is 12.4. The molecule has 16 heavy (non-hydrogen) atoms. The predicted molar refractivity (Wildman–Crippen MR) is 60.9 cm³/mol. The van der Waals surface area contributed by atoms with Gasteiger partial charge in [0.05, 0.1) is 5.92 Å². The van der Waals surface area contributed by atoms with Crippen molar-refractivity contribution >= 4 is 6.29 Å². The largest absolute Gasteiger partial charge is 0.303 e. The van der Waals surface area contributed by atoms with Gasteiger partial charge in [0.25, 0.3) is 0 Å². The number of carbonyl (C=O) groups excluding carboxylic acids is 1. The number of rotatable bonds is 5. The molecule has 1 aromatic carbocycles. The summed E-state index contributed by atoms with van der Waals surface area (Å²) >= 11 is 0. The fourth-order valence-corrected chi connectivity index (χ4v) is 1.91. The zero-order valence-electron chi connectivity index (χ0n) is 9.37. The minimum atomic E-state index is -0.761. The van der Waals surface area contributed by atoms with Gasteiger partial charge in [-0.3, -0.25) is 10.1 Å². The van der Waals surface area contributed by atoms with Crippen LogP contribution in [0.15, 0.2) is 30.3 Å². The number of aldehydes is 1. The third-order valence-electron chi connectivity index (χ3n) is 2.82. The standard InChI is InChI=1S/C12H15NO3/c1-9(8-14)12(10(2)13(15)16)11-6-4-3-5-7-11/h3-10,12H,1-2H3/t9-,10?,12+/m0/s1. The van der Waals surface area contributed by atoms with Crippen LogP contribution in [0.1, 0.15) is 25.3 Å². The van der Waals surface area contributed by atoms with E-state index in [-0.39, 0.29) is 16.8 Å². The first-order valence-corrected chi connectivity index (χ1v) is 5.21. The molecule has 0 fully saturated rings. The molecule has 0 saturated carbocycles. The summed E-state index contributed by atoms with van der Waals surface area (Å²) in [7, 11) is 0. The fourth-order valence-electron chi connectivity index (χ4n) is 1.91. The maximum Gasteiger partial charge on any atom is 0.217 e. The molecule has 0 saturated heterocycles. The zero-order valence-corrected chi connectivity index (χ0v) is 9.37. The molecular formula is C12H15NO3. The van der Waals surface area contributed by atoms with E-state index in [4.69, 9.17) is 0 Å². The number of carbonyl (C=O) groups is 1. The molecule has 1 rings (SSSR count). The lowest BCUT2D eigenvalue weighted by atomic mass is 9.83. The lowest BCUT2D eigenvalue weighted by Gasteiger charge is -2.21. The molecule has 0 aliphatic heterocycles. The van der Waals surface area contributed by atoms with Crippen molar-refractivity contribution in [3.63, 3.8) is 0 Å². The van der Waals surface area contributed by atoms with Crippen molar-refractivity contribution in [3.8, 4) is 0 Å². The van der Waals surface area contributed by atoms with Gasteiger partial charge in [-0.15, -0.1) is 0 Å². The van der Waals surface area contributed by atoms with Crippen molar-refractivity contribution in [2.45, 2.75) is 25.8 Å². The summed E-state index contributed by atoms with van der Waals surface area (Å²) in [6.07, 6.45) is 0.775. The van der Waals surface area contributed by atoms with Crippen LogP contribution in [0.5, 0.6) is 0 Å². The summed E-state index contributed by atoms with van der Waals surface area (Å²) in [6.45, 7) is 3.25. The van der Waals surface area contributed by atoms with Gasteiger partial charge in [0, 0.05) is 17.8 Å². The lowest BCUT2D eigenvalue weighted by Crippen LogP contribution is -2.29. The van der Waals surface area contributed by atoms with Crippen LogP contribution in [0.3, 0.4) is 0 Å². The molecule has 86 valence electrons. The van der Waals surface area contributed by atoms with Gasteiger partial charge in [0.2, 0.25) is 6.04 Å². The molecule has 0 spiro atoms. The maximum atomic E-state index is 10.8. The zero-order chi connectivity index (χ0) is 12.1. The van der Waals surface area contributed by atoms with Gasteiger partial charge in [0.15, 0.2) is 0 Å². The third kappa shape index (κ3) is 2.66. The highest BCUT2D eigenvalue weighted by atomic mass is 16.6. The monoisotopic (exact) mass is 221 g/mol. The highest BCUT2D eigenvalue weighted by molar-refractivity contribution is 5.55. The molecule has 0 amide bonds. The minimum absolute atomic E-state index is 0.336. The van der Waals surface area contributed by atoms with E-state index in [0.717, 1.165) is 11.8 Å². The Bertz CT molecular complexity index is 364. The van der Waals surface area contributed by atoms with Gasteiger partial charge in [-0.05, 0) is 5.56 Å². The van der Waals surface area contributed by atoms with E-state index in [2.05, 4.69) is 0 Å². The average Bonchev–Trinajstić information content (AvgIpc) is 2.30. The number of hydrogen-bond acceptors (Lipinski definition) is 3.